The van der Waals surface area contributed by atoms with Crippen molar-refractivity contribution in [3.8, 4) is 0 Å². The summed E-state index contributed by atoms with van der Waals surface area (Å²) >= 11 is 0. The van der Waals surface area contributed by atoms with Crippen LogP contribution in [0.5, 0.6) is 0 Å². The van der Waals surface area contributed by atoms with E-state index >= 15 is 0 Å². The number of carbonyl (C=O) groups is 2. The molecule has 3 heteroatoms. The average Bonchev–Trinajstić information content (AvgIpc) is 1.96. The van der Waals surface area contributed by atoms with Crippen LogP contribution in [0.15, 0.2) is 0 Å². The SMILES string of the molecule is CC(C(=O)CC(C)(C)C)C(=O)OC(C)(C)C. The lowest BCUT2D eigenvalue weighted by Crippen LogP contribution is -2.32. The number of esters is 1. The number of Topliss-reactive ketones (excluding diaryl/α,β-unsaturated/α-hetero) is 1. The van der Waals surface area contributed by atoms with Gasteiger partial charge in [0.2, 0.25) is 0 Å². The molecular formula is C13H24O3. The summed E-state index contributed by atoms with van der Waals surface area (Å²) in [4.78, 5) is 23.4. The number of ketones is 1. The largest absolute Gasteiger partial charge is 0.459 e. The van der Waals surface area contributed by atoms with Crippen LogP contribution in [0.4, 0.5) is 0 Å². The monoisotopic (exact) mass is 228 g/mol. The lowest BCUT2D eigenvalue weighted by atomic mass is 9.86. The van der Waals surface area contributed by atoms with Crippen molar-refractivity contribution in [2.45, 2.75) is 60.5 Å². The van der Waals surface area contributed by atoms with E-state index < -0.39 is 17.5 Å². The fourth-order valence-electron chi connectivity index (χ4n) is 1.20. The normalized spacial score (nSPS) is 14.4. The molecule has 0 N–H and O–H groups in total. The van der Waals surface area contributed by atoms with E-state index in [2.05, 4.69) is 0 Å². The minimum atomic E-state index is -0.668. The summed E-state index contributed by atoms with van der Waals surface area (Å²) in [7, 11) is 0. The van der Waals surface area contributed by atoms with Gasteiger partial charge < -0.3 is 4.74 Å². The lowest BCUT2D eigenvalue weighted by molar-refractivity contribution is -0.161. The van der Waals surface area contributed by atoms with Crippen LogP contribution in [0.1, 0.15) is 54.9 Å². The molecule has 0 spiro atoms. The van der Waals surface area contributed by atoms with Crippen molar-refractivity contribution in [3.05, 3.63) is 0 Å². The Morgan fingerprint density at radius 1 is 1.06 bits per heavy atom. The van der Waals surface area contributed by atoms with Crippen molar-refractivity contribution in [2.75, 3.05) is 0 Å². The van der Waals surface area contributed by atoms with Crippen molar-refractivity contribution in [1.29, 1.82) is 0 Å². The third-order valence-corrected chi connectivity index (χ3v) is 1.95. The second-order valence-electron chi connectivity index (χ2n) is 6.46. The molecule has 0 radical (unpaired) electrons. The van der Waals surface area contributed by atoms with Crippen molar-refractivity contribution in [3.63, 3.8) is 0 Å². The second-order valence-corrected chi connectivity index (χ2v) is 6.46. The molecule has 16 heavy (non-hydrogen) atoms. The van der Waals surface area contributed by atoms with E-state index in [1.165, 1.54) is 0 Å². The molecule has 0 aromatic rings. The molecule has 0 heterocycles. The van der Waals surface area contributed by atoms with Gasteiger partial charge in [0.1, 0.15) is 17.3 Å². The van der Waals surface area contributed by atoms with Crippen LogP contribution in [0.2, 0.25) is 0 Å². The van der Waals surface area contributed by atoms with Crippen molar-refractivity contribution in [2.24, 2.45) is 11.3 Å². The summed E-state index contributed by atoms with van der Waals surface area (Å²) in [5, 5.41) is 0. The Kier molecular flexibility index (Phi) is 4.71. The highest BCUT2D eigenvalue weighted by atomic mass is 16.6. The quantitative estimate of drug-likeness (QED) is 0.551. The molecule has 0 saturated heterocycles. The van der Waals surface area contributed by atoms with Crippen LogP contribution in [-0.2, 0) is 14.3 Å². The summed E-state index contributed by atoms with van der Waals surface area (Å²) in [6.07, 6.45) is 0.396. The zero-order valence-electron chi connectivity index (χ0n) is 11.5. The molecule has 0 saturated carbocycles. The second kappa shape index (κ2) is 4.98. The summed E-state index contributed by atoms with van der Waals surface area (Å²) in [6.45, 7) is 12.9. The van der Waals surface area contributed by atoms with Crippen LogP contribution in [0.3, 0.4) is 0 Å². The summed E-state index contributed by atoms with van der Waals surface area (Å²) < 4.78 is 5.18. The number of carbonyl (C=O) groups excluding carboxylic acids is 2. The molecule has 0 aliphatic rings. The number of hydrogen-bond acceptors (Lipinski definition) is 3. The van der Waals surface area contributed by atoms with Gasteiger partial charge in [-0.2, -0.15) is 0 Å². The third-order valence-electron chi connectivity index (χ3n) is 1.95. The van der Waals surface area contributed by atoms with Crippen LogP contribution in [-0.4, -0.2) is 17.4 Å². The highest BCUT2D eigenvalue weighted by Gasteiger charge is 2.29. The summed E-state index contributed by atoms with van der Waals surface area (Å²) in [5.74, 6) is -1.15. The van der Waals surface area contributed by atoms with Gasteiger partial charge in [0, 0.05) is 6.42 Å². The number of hydrogen-bond donors (Lipinski definition) is 0. The molecule has 94 valence electrons. The van der Waals surface area contributed by atoms with Gasteiger partial charge in [0.25, 0.3) is 0 Å². The van der Waals surface area contributed by atoms with Gasteiger partial charge in [-0.15, -0.1) is 0 Å². The van der Waals surface area contributed by atoms with E-state index in [9.17, 15) is 9.59 Å². The molecule has 0 fully saturated rings. The minimum absolute atomic E-state index is 0.0539. The first-order valence-corrected chi connectivity index (χ1v) is 5.68. The summed E-state index contributed by atoms with van der Waals surface area (Å²) in [5.41, 5.74) is -0.624. The van der Waals surface area contributed by atoms with Gasteiger partial charge >= 0.3 is 5.97 Å². The van der Waals surface area contributed by atoms with Crippen LogP contribution in [0, 0.1) is 11.3 Å². The lowest BCUT2D eigenvalue weighted by Gasteiger charge is -2.23. The van der Waals surface area contributed by atoms with Crippen LogP contribution >= 0.6 is 0 Å². The molecule has 3 nitrogen and oxygen atoms in total. The Hall–Kier alpha value is -0.860. The maximum atomic E-state index is 11.8. The fourth-order valence-corrected chi connectivity index (χ4v) is 1.20. The zero-order chi connectivity index (χ0) is 13.1. The highest BCUT2D eigenvalue weighted by Crippen LogP contribution is 2.22. The molecule has 1 atom stereocenters. The van der Waals surface area contributed by atoms with Gasteiger partial charge in [-0.1, -0.05) is 20.8 Å². The van der Waals surface area contributed by atoms with E-state index in [0.717, 1.165) is 0 Å². The van der Waals surface area contributed by atoms with E-state index in [1.54, 1.807) is 27.7 Å². The molecule has 0 aliphatic carbocycles. The molecule has 1 unspecified atom stereocenters. The highest BCUT2D eigenvalue weighted by molar-refractivity contribution is 5.98. The first-order valence-electron chi connectivity index (χ1n) is 5.68. The Bertz CT molecular complexity index is 238. The molecule has 0 aromatic heterocycles. The Morgan fingerprint density at radius 2 is 1.50 bits per heavy atom. The number of rotatable bonds is 3. The third kappa shape index (κ3) is 6.59. The van der Waals surface area contributed by atoms with E-state index in [0.29, 0.717) is 6.42 Å². The summed E-state index contributed by atoms with van der Waals surface area (Å²) in [6, 6.07) is 0. The van der Waals surface area contributed by atoms with Gasteiger partial charge in [-0.05, 0) is 33.1 Å². The number of ether oxygens (including phenoxy) is 1. The van der Waals surface area contributed by atoms with E-state index in [4.69, 9.17) is 4.74 Å². The molecular weight excluding hydrogens is 204 g/mol. The Balaban J connectivity index is 4.40. The molecule has 0 rings (SSSR count). The first kappa shape index (κ1) is 15.1. The predicted molar refractivity (Wildman–Crippen MR) is 64.1 cm³/mol. The smallest absolute Gasteiger partial charge is 0.316 e. The average molecular weight is 228 g/mol. The van der Waals surface area contributed by atoms with Crippen molar-refractivity contribution in [1.82, 2.24) is 0 Å². The van der Waals surface area contributed by atoms with E-state index in [1.807, 2.05) is 20.8 Å². The predicted octanol–water partition coefficient (Wildman–Crippen LogP) is 2.97. The van der Waals surface area contributed by atoms with Gasteiger partial charge in [0.05, 0.1) is 0 Å². The standard InChI is InChI=1S/C13H24O3/c1-9(10(14)8-12(2,3)4)11(15)16-13(5,6)7/h9H,8H2,1-7H3. The van der Waals surface area contributed by atoms with E-state index in [-0.39, 0.29) is 11.2 Å². The molecule has 0 bridgehead atoms. The first-order chi connectivity index (χ1) is 6.92. The van der Waals surface area contributed by atoms with Gasteiger partial charge in [0.15, 0.2) is 0 Å². The molecule has 0 aromatic carbocycles. The van der Waals surface area contributed by atoms with Crippen molar-refractivity contribution < 1.29 is 14.3 Å². The maximum absolute atomic E-state index is 11.8. The fraction of sp³-hybridized carbons (Fsp3) is 0.846. The van der Waals surface area contributed by atoms with Crippen LogP contribution in [0.25, 0.3) is 0 Å². The van der Waals surface area contributed by atoms with Gasteiger partial charge in [-0.3, -0.25) is 9.59 Å². The minimum Gasteiger partial charge on any atom is -0.459 e. The molecule has 0 aliphatic heterocycles. The maximum Gasteiger partial charge on any atom is 0.316 e. The molecule has 0 amide bonds. The van der Waals surface area contributed by atoms with Crippen LogP contribution < -0.4 is 0 Å². The Morgan fingerprint density at radius 3 is 1.81 bits per heavy atom. The van der Waals surface area contributed by atoms with Gasteiger partial charge in [-0.25, -0.2) is 0 Å². The zero-order valence-corrected chi connectivity index (χ0v) is 11.5. The topological polar surface area (TPSA) is 43.4 Å². The van der Waals surface area contributed by atoms with Crippen molar-refractivity contribution >= 4 is 11.8 Å². The Labute approximate surface area is 98.6 Å².